The zero-order valence-electron chi connectivity index (χ0n) is 12.1. The van der Waals surface area contributed by atoms with E-state index >= 15 is 0 Å². The molecule has 1 aromatic rings. The molecule has 0 aromatic heterocycles. The molecule has 1 fully saturated rings. The van der Waals surface area contributed by atoms with Crippen LogP contribution in [0.2, 0.25) is 0 Å². The van der Waals surface area contributed by atoms with Gasteiger partial charge in [0.25, 0.3) is 0 Å². The largest absolute Gasteiger partial charge is 0.497 e. The molecule has 1 aromatic carbocycles. The lowest BCUT2D eigenvalue weighted by molar-refractivity contribution is -0.131. The van der Waals surface area contributed by atoms with Gasteiger partial charge in [0.2, 0.25) is 5.91 Å². The van der Waals surface area contributed by atoms with Crippen LogP contribution in [0.1, 0.15) is 25.3 Å². The number of rotatable bonds is 4. The highest BCUT2D eigenvalue weighted by Crippen LogP contribution is 2.24. The summed E-state index contributed by atoms with van der Waals surface area (Å²) in [5.41, 5.74) is 1.00. The minimum Gasteiger partial charge on any atom is -0.497 e. The van der Waals surface area contributed by atoms with Crippen molar-refractivity contribution in [3.05, 3.63) is 29.8 Å². The third-order valence-corrected chi connectivity index (χ3v) is 4.39. The molecule has 1 amide bonds. The maximum Gasteiger partial charge on any atom is 0.226 e. The number of amides is 1. The Morgan fingerprint density at radius 1 is 1.45 bits per heavy atom. The Morgan fingerprint density at radius 3 is 2.75 bits per heavy atom. The second kappa shape index (κ2) is 6.98. The van der Waals surface area contributed by atoms with Crippen molar-refractivity contribution in [2.45, 2.75) is 31.6 Å². The first kappa shape index (κ1) is 15.2. The van der Waals surface area contributed by atoms with Crippen molar-refractivity contribution in [1.82, 2.24) is 4.90 Å². The number of halogens is 1. The Labute approximate surface area is 125 Å². The molecule has 2 rings (SSSR count). The highest BCUT2D eigenvalue weighted by atomic mass is 35.5. The normalized spacial score (nSPS) is 17.9. The number of carbonyl (C=O) groups excluding carboxylic acids is 1. The van der Waals surface area contributed by atoms with Gasteiger partial charge in [-0.2, -0.15) is 0 Å². The third kappa shape index (κ3) is 3.89. The molecule has 1 aliphatic heterocycles. The molecule has 0 bridgehead atoms. The van der Waals surface area contributed by atoms with E-state index in [0.717, 1.165) is 37.2 Å². The summed E-state index contributed by atoms with van der Waals surface area (Å²) in [5, 5.41) is 0.200. The summed E-state index contributed by atoms with van der Waals surface area (Å²) in [6.45, 7) is 3.69. The zero-order chi connectivity index (χ0) is 14.5. The summed E-state index contributed by atoms with van der Waals surface area (Å²) in [4.78, 5) is 14.2. The molecule has 0 saturated carbocycles. The smallest absolute Gasteiger partial charge is 0.226 e. The van der Waals surface area contributed by atoms with Gasteiger partial charge in [-0.3, -0.25) is 4.79 Å². The van der Waals surface area contributed by atoms with Gasteiger partial charge >= 0.3 is 0 Å². The van der Waals surface area contributed by atoms with E-state index in [9.17, 15) is 4.79 Å². The van der Waals surface area contributed by atoms with Gasteiger partial charge in [0.05, 0.1) is 13.5 Å². The van der Waals surface area contributed by atoms with Crippen molar-refractivity contribution >= 4 is 17.5 Å². The monoisotopic (exact) mass is 295 g/mol. The topological polar surface area (TPSA) is 29.5 Å². The Bertz CT molecular complexity index is 454. The molecule has 1 heterocycles. The van der Waals surface area contributed by atoms with Gasteiger partial charge in [-0.25, -0.2) is 0 Å². The molecule has 1 atom stereocenters. The standard InChI is InChI=1S/C16H22ClNO2/c1-12(17)14-6-8-18(9-7-14)16(19)11-13-4-3-5-15(10-13)20-2/h3-5,10,12,14H,6-9,11H2,1-2H3. The van der Waals surface area contributed by atoms with Crippen LogP contribution in [0.4, 0.5) is 0 Å². The molecule has 110 valence electrons. The van der Waals surface area contributed by atoms with Crippen molar-refractivity contribution < 1.29 is 9.53 Å². The minimum absolute atomic E-state index is 0.193. The molecule has 0 N–H and O–H groups in total. The number of nitrogens with zero attached hydrogens (tertiary/aromatic N) is 1. The van der Waals surface area contributed by atoms with Gasteiger partial charge in [0.15, 0.2) is 0 Å². The maximum atomic E-state index is 12.3. The van der Waals surface area contributed by atoms with E-state index in [2.05, 4.69) is 0 Å². The van der Waals surface area contributed by atoms with Crippen LogP contribution in [-0.2, 0) is 11.2 Å². The van der Waals surface area contributed by atoms with E-state index in [0.29, 0.717) is 12.3 Å². The molecule has 4 heteroatoms. The number of likely N-dealkylation sites (tertiary alicyclic amines) is 1. The van der Waals surface area contributed by atoms with E-state index in [-0.39, 0.29) is 11.3 Å². The van der Waals surface area contributed by atoms with Crippen molar-refractivity contribution in [3.63, 3.8) is 0 Å². The third-order valence-electron chi connectivity index (χ3n) is 4.03. The number of carbonyl (C=O) groups is 1. The average molecular weight is 296 g/mol. The summed E-state index contributed by atoms with van der Waals surface area (Å²) in [6.07, 6.45) is 2.46. The summed E-state index contributed by atoms with van der Waals surface area (Å²) in [6, 6.07) is 7.70. The summed E-state index contributed by atoms with van der Waals surface area (Å²) < 4.78 is 5.18. The molecule has 0 spiro atoms. The van der Waals surface area contributed by atoms with Crippen LogP contribution >= 0.6 is 11.6 Å². The lowest BCUT2D eigenvalue weighted by Crippen LogP contribution is -2.40. The fraction of sp³-hybridized carbons (Fsp3) is 0.562. The van der Waals surface area contributed by atoms with Gasteiger partial charge in [0, 0.05) is 18.5 Å². The van der Waals surface area contributed by atoms with E-state index in [1.807, 2.05) is 36.1 Å². The molecular formula is C16H22ClNO2. The Hall–Kier alpha value is -1.22. The quantitative estimate of drug-likeness (QED) is 0.799. The van der Waals surface area contributed by atoms with E-state index < -0.39 is 0 Å². The Kier molecular flexibility index (Phi) is 5.30. The summed E-state index contributed by atoms with van der Waals surface area (Å²) >= 11 is 6.13. The highest BCUT2D eigenvalue weighted by Gasteiger charge is 2.25. The second-order valence-corrected chi connectivity index (χ2v) is 6.11. The Morgan fingerprint density at radius 2 is 2.15 bits per heavy atom. The van der Waals surface area contributed by atoms with Gasteiger partial charge < -0.3 is 9.64 Å². The molecule has 1 aliphatic rings. The second-order valence-electron chi connectivity index (χ2n) is 5.42. The number of hydrogen-bond donors (Lipinski definition) is 0. The average Bonchev–Trinajstić information content (AvgIpc) is 2.47. The lowest BCUT2D eigenvalue weighted by Gasteiger charge is -2.33. The van der Waals surface area contributed by atoms with E-state index in [1.54, 1.807) is 7.11 Å². The predicted octanol–water partition coefficient (Wildman–Crippen LogP) is 3.10. The van der Waals surface area contributed by atoms with E-state index in [4.69, 9.17) is 16.3 Å². The fourth-order valence-corrected chi connectivity index (χ4v) is 2.93. The van der Waals surface area contributed by atoms with Crippen LogP contribution < -0.4 is 4.74 Å². The minimum atomic E-state index is 0.193. The zero-order valence-corrected chi connectivity index (χ0v) is 12.9. The van der Waals surface area contributed by atoms with Crippen LogP contribution in [-0.4, -0.2) is 36.4 Å². The lowest BCUT2D eigenvalue weighted by atomic mass is 9.93. The fourth-order valence-electron chi connectivity index (χ4n) is 2.68. The van der Waals surface area contributed by atoms with E-state index in [1.165, 1.54) is 0 Å². The van der Waals surface area contributed by atoms with Crippen molar-refractivity contribution in [1.29, 1.82) is 0 Å². The van der Waals surface area contributed by atoms with Gasteiger partial charge in [-0.05, 0) is 43.4 Å². The number of methoxy groups -OCH3 is 1. The number of piperidine rings is 1. The molecule has 1 unspecified atom stereocenters. The molecule has 3 nitrogen and oxygen atoms in total. The van der Waals surface area contributed by atoms with Gasteiger partial charge in [-0.15, -0.1) is 11.6 Å². The van der Waals surface area contributed by atoms with Gasteiger partial charge in [-0.1, -0.05) is 12.1 Å². The first-order valence-electron chi connectivity index (χ1n) is 7.15. The van der Waals surface area contributed by atoms with Crippen molar-refractivity contribution in [2.24, 2.45) is 5.92 Å². The SMILES string of the molecule is COc1cccc(CC(=O)N2CCC(C(C)Cl)CC2)c1. The van der Waals surface area contributed by atoms with Gasteiger partial charge in [0.1, 0.15) is 5.75 Å². The number of benzene rings is 1. The highest BCUT2D eigenvalue weighted by molar-refractivity contribution is 6.20. The maximum absolute atomic E-state index is 12.3. The molecule has 0 aliphatic carbocycles. The van der Waals surface area contributed by atoms with Crippen molar-refractivity contribution in [3.8, 4) is 5.75 Å². The summed E-state index contributed by atoms with van der Waals surface area (Å²) in [5.74, 6) is 1.53. The number of hydrogen-bond acceptors (Lipinski definition) is 2. The first-order chi connectivity index (χ1) is 9.60. The Balaban J connectivity index is 1.89. The summed E-state index contributed by atoms with van der Waals surface area (Å²) in [7, 11) is 1.64. The van der Waals surface area contributed by atoms with Crippen LogP contribution in [0.25, 0.3) is 0 Å². The van der Waals surface area contributed by atoms with Crippen LogP contribution in [0.5, 0.6) is 5.75 Å². The van der Waals surface area contributed by atoms with Crippen LogP contribution in [0.3, 0.4) is 0 Å². The van der Waals surface area contributed by atoms with Crippen molar-refractivity contribution in [2.75, 3.05) is 20.2 Å². The first-order valence-corrected chi connectivity index (χ1v) is 7.58. The predicted molar refractivity (Wildman–Crippen MR) is 81.3 cm³/mol. The molecule has 20 heavy (non-hydrogen) atoms. The number of ether oxygens (including phenoxy) is 1. The van der Waals surface area contributed by atoms with Crippen LogP contribution in [0.15, 0.2) is 24.3 Å². The molecule has 0 radical (unpaired) electrons. The molecule has 1 saturated heterocycles. The molecular weight excluding hydrogens is 274 g/mol. The van der Waals surface area contributed by atoms with Crippen LogP contribution in [0, 0.1) is 5.92 Å². The number of alkyl halides is 1.